The van der Waals surface area contributed by atoms with Crippen molar-refractivity contribution < 1.29 is 10.2 Å². The Labute approximate surface area is 116 Å². The molecule has 4 nitrogen and oxygen atoms in total. The maximum atomic E-state index is 9.42. The van der Waals surface area contributed by atoms with Gasteiger partial charge in [0.25, 0.3) is 0 Å². The molecule has 3 aromatic rings. The summed E-state index contributed by atoms with van der Waals surface area (Å²) in [4.78, 5) is 0. The van der Waals surface area contributed by atoms with Gasteiger partial charge >= 0.3 is 0 Å². The summed E-state index contributed by atoms with van der Waals surface area (Å²) in [6.45, 7) is 0. The monoisotopic (exact) mass is 268 g/mol. The van der Waals surface area contributed by atoms with E-state index in [4.69, 9.17) is 16.6 Å². The summed E-state index contributed by atoms with van der Waals surface area (Å²) in [5, 5.41) is 20.0. The van der Waals surface area contributed by atoms with Crippen molar-refractivity contribution in [3.63, 3.8) is 0 Å². The van der Waals surface area contributed by atoms with Crippen molar-refractivity contribution in [2.45, 2.75) is 0 Å². The molecule has 0 aliphatic carbocycles. The van der Waals surface area contributed by atoms with Crippen LogP contribution in [0.25, 0.3) is 10.8 Å². The third-order valence-electron chi connectivity index (χ3n) is 2.75. The fraction of sp³-hybridized carbons (Fsp3) is 0. The van der Waals surface area contributed by atoms with Crippen LogP contribution in [-0.2, 0) is 0 Å². The van der Waals surface area contributed by atoms with Crippen LogP contribution in [0.5, 0.6) is 11.5 Å². The van der Waals surface area contributed by atoms with Gasteiger partial charge in [-0.25, -0.2) is 0 Å². The van der Waals surface area contributed by atoms with Crippen LogP contribution >= 0.6 is 0 Å². The van der Waals surface area contributed by atoms with Gasteiger partial charge in [0, 0.05) is 22.8 Å². The molecule has 0 unspecified atom stereocenters. The molecule has 20 heavy (non-hydrogen) atoms. The van der Waals surface area contributed by atoms with E-state index >= 15 is 0 Å². The minimum absolute atomic E-state index is 0.213. The largest absolute Gasteiger partial charge is 0.508 e. The highest BCUT2D eigenvalue weighted by atomic mass is 16.3. The van der Waals surface area contributed by atoms with E-state index in [-0.39, 0.29) is 5.75 Å². The van der Waals surface area contributed by atoms with Crippen molar-refractivity contribution >= 4 is 22.1 Å². The van der Waals surface area contributed by atoms with Gasteiger partial charge in [0.05, 0.1) is 0 Å². The number of anilines is 2. The lowest BCUT2D eigenvalue weighted by molar-refractivity contribution is 0.475. The molecule has 0 bridgehead atoms. The summed E-state index contributed by atoms with van der Waals surface area (Å²) in [6, 6.07) is 17.3. The molecule has 0 aromatic heterocycles. The lowest BCUT2D eigenvalue weighted by atomic mass is 10.1. The molecule has 6 N–H and O–H groups in total. The zero-order chi connectivity index (χ0) is 14.5. The molecule has 3 rings (SSSR count). The molecule has 0 amide bonds. The number of phenols is 2. The van der Waals surface area contributed by atoms with Crippen LogP contribution in [0.3, 0.4) is 0 Å². The van der Waals surface area contributed by atoms with E-state index in [0.29, 0.717) is 17.1 Å². The zero-order valence-corrected chi connectivity index (χ0v) is 10.8. The van der Waals surface area contributed by atoms with Gasteiger partial charge in [-0.15, -0.1) is 0 Å². The first-order valence-corrected chi connectivity index (χ1v) is 6.08. The fourth-order valence-corrected chi connectivity index (χ4v) is 1.81. The lowest BCUT2D eigenvalue weighted by Crippen LogP contribution is -1.83. The van der Waals surface area contributed by atoms with Gasteiger partial charge in [-0.3, -0.25) is 0 Å². The molecule has 0 saturated heterocycles. The number of fused-ring (bicyclic) bond motifs is 1. The molecular formula is C16H16N2O2. The highest BCUT2D eigenvalue weighted by Crippen LogP contribution is 2.25. The van der Waals surface area contributed by atoms with Gasteiger partial charge in [0.2, 0.25) is 0 Å². The highest BCUT2D eigenvalue weighted by molar-refractivity contribution is 5.90. The summed E-state index contributed by atoms with van der Waals surface area (Å²) < 4.78 is 0. The number of benzene rings is 3. The number of nitrogens with two attached hydrogens (primary N) is 2. The molecule has 4 heteroatoms. The summed E-state index contributed by atoms with van der Waals surface area (Å²) >= 11 is 0. The van der Waals surface area contributed by atoms with Crippen LogP contribution in [0.15, 0.2) is 60.7 Å². The SMILES string of the molecule is Nc1ccc2c(O)cccc2c1.Nc1cccc(O)c1. The molecule has 0 aliphatic rings. The van der Waals surface area contributed by atoms with E-state index in [1.54, 1.807) is 36.4 Å². The van der Waals surface area contributed by atoms with Crippen molar-refractivity contribution in [1.82, 2.24) is 0 Å². The third-order valence-corrected chi connectivity index (χ3v) is 2.75. The van der Waals surface area contributed by atoms with E-state index < -0.39 is 0 Å². The molecule has 0 heterocycles. The van der Waals surface area contributed by atoms with Gasteiger partial charge in [-0.05, 0) is 41.8 Å². The quantitative estimate of drug-likeness (QED) is 0.471. The lowest BCUT2D eigenvalue weighted by Gasteiger charge is -2.00. The molecule has 0 atom stereocenters. The van der Waals surface area contributed by atoms with Crippen molar-refractivity contribution in [2.24, 2.45) is 0 Å². The standard InChI is InChI=1S/C10H9NO.C6H7NO/c11-8-4-5-9-7(6-8)2-1-3-10(9)12;7-5-2-1-3-6(8)4-5/h1-6,12H,11H2;1-4,8H,7H2. The van der Waals surface area contributed by atoms with Crippen molar-refractivity contribution in [2.75, 3.05) is 11.5 Å². The Hall–Kier alpha value is -2.88. The number of phenolic OH excluding ortho intramolecular Hbond substituents is 2. The summed E-state index contributed by atoms with van der Waals surface area (Å²) in [6.07, 6.45) is 0. The molecule has 0 aliphatic heterocycles. The maximum Gasteiger partial charge on any atom is 0.123 e. The summed E-state index contributed by atoms with van der Waals surface area (Å²) in [5.41, 5.74) is 12.2. The predicted octanol–water partition coefficient (Wildman–Crippen LogP) is 3.10. The Morgan fingerprint density at radius 2 is 1.40 bits per heavy atom. The molecule has 3 aromatic carbocycles. The summed E-state index contributed by atoms with van der Waals surface area (Å²) in [5.74, 6) is 0.512. The normalized spacial score (nSPS) is 9.80. The van der Waals surface area contributed by atoms with Crippen molar-refractivity contribution in [1.29, 1.82) is 0 Å². The first kappa shape index (κ1) is 13.5. The molecular weight excluding hydrogens is 252 g/mol. The maximum absolute atomic E-state index is 9.42. The predicted molar refractivity (Wildman–Crippen MR) is 82.5 cm³/mol. The minimum atomic E-state index is 0.213. The smallest absolute Gasteiger partial charge is 0.123 e. The van der Waals surface area contributed by atoms with Crippen molar-refractivity contribution in [3.05, 3.63) is 60.7 Å². The Balaban J connectivity index is 0.000000160. The van der Waals surface area contributed by atoms with Crippen LogP contribution in [-0.4, -0.2) is 10.2 Å². The molecule has 0 fully saturated rings. The zero-order valence-electron chi connectivity index (χ0n) is 10.8. The Kier molecular flexibility index (Phi) is 3.96. The van der Waals surface area contributed by atoms with E-state index in [2.05, 4.69) is 0 Å². The van der Waals surface area contributed by atoms with Gasteiger partial charge in [0.15, 0.2) is 0 Å². The topological polar surface area (TPSA) is 92.5 Å². The van der Waals surface area contributed by atoms with Gasteiger partial charge in [0.1, 0.15) is 11.5 Å². The second-order valence-corrected chi connectivity index (χ2v) is 4.35. The Morgan fingerprint density at radius 1 is 0.700 bits per heavy atom. The van der Waals surface area contributed by atoms with Gasteiger partial charge in [-0.1, -0.05) is 18.2 Å². The van der Waals surface area contributed by atoms with Crippen molar-refractivity contribution in [3.8, 4) is 11.5 Å². The van der Waals surface area contributed by atoms with Crippen LogP contribution in [0, 0.1) is 0 Å². The average molecular weight is 268 g/mol. The Morgan fingerprint density at radius 3 is 2.05 bits per heavy atom. The van der Waals surface area contributed by atoms with Gasteiger partial charge in [-0.2, -0.15) is 0 Å². The van der Waals surface area contributed by atoms with E-state index in [1.165, 1.54) is 6.07 Å². The average Bonchev–Trinajstić information content (AvgIpc) is 2.39. The number of nitrogen functional groups attached to an aromatic ring is 2. The number of hydrogen-bond donors (Lipinski definition) is 4. The highest BCUT2D eigenvalue weighted by Gasteiger charge is 1.97. The van der Waals surface area contributed by atoms with Gasteiger partial charge < -0.3 is 21.7 Å². The second-order valence-electron chi connectivity index (χ2n) is 4.35. The molecule has 0 radical (unpaired) electrons. The molecule has 0 spiro atoms. The third kappa shape index (κ3) is 3.32. The van der Waals surface area contributed by atoms with E-state index in [0.717, 1.165) is 10.8 Å². The van der Waals surface area contributed by atoms with Crippen LogP contribution in [0.2, 0.25) is 0 Å². The Bertz CT molecular complexity index is 709. The number of aromatic hydroxyl groups is 2. The number of hydrogen-bond acceptors (Lipinski definition) is 4. The second kappa shape index (κ2) is 5.84. The molecule has 102 valence electrons. The van der Waals surface area contributed by atoms with Crippen LogP contribution in [0.1, 0.15) is 0 Å². The first-order valence-electron chi connectivity index (χ1n) is 6.08. The summed E-state index contributed by atoms with van der Waals surface area (Å²) in [7, 11) is 0. The number of rotatable bonds is 0. The first-order chi connectivity index (χ1) is 9.56. The van der Waals surface area contributed by atoms with Crippen LogP contribution < -0.4 is 11.5 Å². The van der Waals surface area contributed by atoms with Crippen LogP contribution in [0.4, 0.5) is 11.4 Å². The molecule has 0 saturated carbocycles. The van der Waals surface area contributed by atoms with E-state index in [9.17, 15) is 5.11 Å². The van der Waals surface area contributed by atoms with E-state index in [1.807, 2.05) is 18.2 Å². The fourth-order valence-electron chi connectivity index (χ4n) is 1.81. The minimum Gasteiger partial charge on any atom is -0.508 e.